The van der Waals surface area contributed by atoms with E-state index in [0.29, 0.717) is 5.56 Å². The van der Waals surface area contributed by atoms with Crippen LogP contribution in [0.2, 0.25) is 0 Å². The molecular formula is C16H19Cl2N3OS. The first-order valence-corrected chi connectivity index (χ1v) is 7.88. The zero-order valence-electron chi connectivity index (χ0n) is 12.6. The fourth-order valence-corrected chi connectivity index (χ4v) is 3.81. The molecule has 1 aromatic heterocycles. The first-order chi connectivity index (χ1) is 10.2. The minimum atomic E-state index is -0.0961. The highest BCUT2D eigenvalue weighted by Crippen LogP contribution is 2.38. The van der Waals surface area contributed by atoms with Crippen molar-refractivity contribution in [2.45, 2.75) is 24.3 Å². The Morgan fingerprint density at radius 2 is 1.96 bits per heavy atom. The molecule has 0 aliphatic carbocycles. The van der Waals surface area contributed by atoms with Crippen LogP contribution in [0.25, 0.3) is 0 Å². The number of rotatable bonds is 2. The number of anilines is 1. The van der Waals surface area contributed by atoms with Crippen molar-refractivity contribution >= 4 is 48.2 Å². The normalized spacial score (nSPS) is 15.7. The number of pyridine rings is 1. The smallest absolute Gasteiger partial charge is 0.255 e. The SMILES string of the molecule is Cc1c(C(=O)Nc2ccncc2)ccc2c1SCC[C@@H]2N.Cl.Cl. The first-order valence-electron chi connectivity index (χ1n) is 6.90. The predicted molar refractivity (Wildman–Crippen MR) is 100 cm³/mol. The van der Waals surface area contributed by atoms with Crippen LogP contribution < -0.4 is 11.1 Å². The number of carbonyl (C=O) groups is 1. The number of nitrogens with two attached hydrogens (primary N) is 1. The van der Waals surface area contributed by atoms with Gasteiger partial charge in [0.1, 0.15) is 0 Å². The van der Waals surface area contributed by atoms with Gasteiger partial charge in [0.05, 0.1) is 0 Å². The molecular weight excluding hydrogens is 353 g/mol. The van der Waals surface area contributed by atoms with E-state index in [9.17, 15) is 4.79 Å². The van der Waals surface area contributed by atoms with Gasteiger partial charge in [0.15, 0.2) is 0 Å². The van der Waals surface area contributed by atoms with Crippen molar-refractivity contribution in [3.05, 3.63) is 53.3 Å². The lowest BCUT2D eigenvalue weighted by Crippen LogP contribution is -2.19. The minimum Gasteiger partial charge on any atom is -0.324 e. The monoisotopic (exact) mass is 371 g/mol. The van der Waals surface area contributed by atoms with E-state index in [1.807, 2.05) is 19.1 Å². The Balaban J connectivity index is 0.00000132. The maximum atomic E-state index is 12.4. The highest BCUT2D eigenvalue weighted by atomic mass is 35.5. The van der Waals surface area contributed by atoms with E-state index in [1.165, 1.54) is 0 Å². The molecule has 1 atom stereocenters. The fraction of sp³-hybridized carbons (Fsp3) is 0.250. The summed E-state index contributed by atoms with van der Waals surface area (Å²) >= 11 is 1.79. The molecule has 23 heavy (non-hydrogen) atoms. The Labute approximate surface area is 152 Å². The summed E-state index contributed by atoms with van der Waals surface area (Å²) < 4.78 is 0. The maximum Gasteiger partial charge on any atom is 0.255 e. The Morgan fingerprint density at radius 3 is 2.65 bits per heavy atom. The van der Waals surface area contributed by atoms with E-state index in [0.717, 1.165) is 33.9 Å². The number of hydrogen-bond acceptors (Lipinski definition) is 4. The van der Waals surface area contributed by atoms with E-state index in [4.69, 9.17) is 5.73 Å². The third-order valence-corrected chi connectivity index (χ3v) is 4.96. The molecule has 124 valence electrons. The third-order valence-electron chi connectivity index (χ3n) is 3.69. The molecule has 1 aliphatic rings. The predicted octanol–water partition coefficient (Wildman–Crippen LogP) is 3.98. The third kappa shape index (κ3) is 4.18. The Morgan fingerprint density at radius 1 is 1.26 bits per heavy atom. The summed E-state index contributed by atoms with van der Waals surface area (Å²) in [5, 5.41) is 2.90. The van der Waals surface area contributed by atoms with Crippen LogP contribution in [0, 0.1) is 6.92 Å². The van der Waals surface area contributed by atoms with E-state index in [-0.39, 0.29) is 36.8 Å². The van der Waals surface area contributed by atoms with E-state index < -0.39 is 0 Å². The number of nitrogens with one attached hydrogen (secondary N) is 1. The quantitative estimate of drug-likeness (QED) is 0.837. The molecule has 3 N–H and O–H groups in total. The molecule has 7 heteroatoms. The van der Waals surface area contributed by atoms with E-state index >= 15 is 0 Å². The van der Waals surface area contributed by atoms with Crippen molar-refractivity contribution in [3.63, 3.8) is 0 Å². The molecule has 1 amide bonds. The topological polar surface area (TPSA) is 68.0 Å². The van der Waals surface area contributed by atoms with Gasteiger partial charge >= 0.3 is 0 Å². The van der Waals surface area contributed by atoms with Crippen molar-refractivity contribution in [2.75, 3.05) is 11.1 Å². The van der Waals surface area contributed by atoms with Gasteiger partial charge in [-0.15, -0.1) is 36.6 Å². The summed E-state index contributed by atoms with van der Waals surface area (Å²) in [5.41, 5.74) is 9.76. The lowest BCUT2D eigenvalue weighted by atomic mass is 9.98. The molecule has 2 aromatic rings. The second kappa shape index (κ2) is 8.55. The van der Waals surface area contributed by atoms with Crippen molar-refractivity contribution in [2.24, 2.45) is 5.73 Å². The maximum absolute atomic E-state index is 12.4. The number of fused-ring (bicyclic) bond motifs is 1. The van der Waals surface area contributed by atoms with Gasteiger partial charge in [-0.05, 0) is 48.4 Å². The number of aromatic nitrogens is 1. The Bertz CT molecular complexity index is 683. The summed E-state index contributed by atoms with van der Waals surface area (Å²) in [6, 6.07) is 7.49. The van der Waals surface area contributed by atoms with Gasteiger partial charge in [-0.25, -0.2) is 0 Å². The van der Waals surface area contributed by atoms with Crippen molar-refractivity contribution in [3.8, 4) is 0 Å². The molecule has 0 unspecified atom stereocenters. The lowest BCUT2D eigenvalue weighted by Gasteiger charge is -2.24. The van der Waals surface area contributed by atoms with Crippen LogP contribution in [-0.2, 0) is 0 Å². The van der Waals surface area contributed by atoms with Gasteiger partial charge in [0, 0.05) is 34.6 Å². The molecule has 4 nitrogen and oxygen atoms in total. The zero-order chi connectivity index (χ0) is 14.8. The summed E-state index contributed by atoms with van der Waals surface area (Å²) in [5.74, 6) is 0.908. The number of carbonyl (C=O) groups excluding carboxylic acids is 1. The number of thioether (sulfide) groups is 1. The van der Waals surface area contributed by atoms with Crippen LogP contribution in [0.3, 0.4) is 0 Å². The average molecular weight is 372 g/mol. The second-order valence-electron chi connectivity index (χ2n) is 5.09. The van der Waals surface area contributed by atoms with Crippen molar-refractivity contribution in [1.29, 1.82) is 0 Å². The number of hydrogen-bond donors (Lipinski definition) is 2. The molecule has 1 aromatic carbocycles. The number of benzene rings is 1. The number of halogens is 2. The Hall–Kier alpha value is -1.27. The highest BCUT2D eigenvalue weighted by Gasteiger charge is 2.22. The van der Waals surface area contributed by atoms with Crippen molar-refractivity contribution < 1.29 is 4.79 Å². The van der Waals surface area contributed by atoms with Gasteiger partial charge < -0.3 is 11.1 Å². The standard InChI is InChI=1S/C16H17N3OS.2ClH/c1-10-12(16(20)19-11-4-7-18-8-5-11)2-3-13-14(17)6-9-21-15(10)13;;/h2-5,7-8,14H,6,9,17H2,1H3,(H,18,19,20);2*1H/t14-;;/m0../s1. The Kier molecular flexibility index (Phi) is 7.35. The van der Waals surface area contributed by atoms with Crippen LogP contribution in [0.1, 0.15) is 33.9 Å². The summed E-state index contributed by atoms with van der Waals surface area (Å²) in [4.78, 5) is 17.5. The van der Waals surface area contributed by atoms with Crippen LogP contribution >= 0.6 is 36.6 Å². The lowest BCUT2D eigenvalue weighted by molar-refractivity contribution is 0.102. The molecule has 0 saturated carbocycles. The van der Waals surface area contributed by atoms with Gasteiger partial charge in [0.2, 0.25) is 0 Å². The van der Waals surface area contributed by atoms with Crippen LogP contribution in [0.15, 0.2) is 41.6 Å². The fourth-order valence-electron chi connectivity index (χ4n) is 2.52. The first kappa shape index (κ1) is 19.8. The van der Waals surface area contributed by atoms with Gasteiger partial charge in [-0.3, -0.25) is 9.78 Å². The summed E-state index contributed by atoms with van der Waals surface area (Å²) in [7, 11) is 0. The summed E-state index contributed by atoms with van der Waals surface area (Å²) in [6.45, 7) is 1.99. The van der Waals surface area contributed by atoms with Crippen LogP contribution in [0.5, 0.6) is 0 Å². The number of amides is 1. The van der Waals surface area contributed by atoms with Gasteiger partial charge in [-0.1, -0.05) is 6.07 Å². The molecule has 0 spiro atoms. The molecule has 2 heterocycles. The van der Waals surface area contributed by atoms with E-state index in [1.54, 1.807) is 36.3 Å². The summed E-state index contributed by atoms with van der Waals surface area (Å²) in [6.07, 6.45) is 4.30. The minimum absolute atomic E-state index is 0. The van der Waals surface area contributed by atoms with E-state index in [2.05, 4.69) is 10.3 Å². The molecule has 0 fully saturated rings. The van der Waals surface area contributed by atoms with Gasteiger partial charge in [0.25, 0.3) is 5.91 Å². The molecule has 0 bridgehead atoms. The van der Waals surface area contributed by atoms with Crippen LogP contribution in [0.4, 0.5) is 5.69 Å². The largest absolute Gasteiger partial charge is 0.324 e. The second-order valence-corrected chi connectivity index (χ2v) is 6.20. The zero-order valence-corrected chi connectivity index (χ0v) is 15.1. The van der Waals surface area contributed by atoms with Gasteiger partial charge in [-0.2, -0.15) is 0 Å². The average Bonchev–Trinajstić information content (AvgIpc) is 2.49. The van der Waals surface area contributed by atoms with Crippen LogP contribution in [-0.4, -0.2) is 16.6 Å². The number of nitrogens with zero attached hydrogens (tertiary/aromatic N) is 1. The molecule has 1 aliphatic heterocycles. The molecule has 0 saturated heterocycles. The highest BCUT2D eigenvalue weighted by molar-refractivity contribution is 7.99. The van der Waals surface area contributed by atoms with Crippen molar-refractivity contribution in [1.82, 2.24) is 4.98 Å². The molecule has 3 rings (SSSR count). The molecule has 0 radical (unpaired) electrons.